The molecule has 0 spiro atoms. The van der Waals surface area contributed by atoms with Crippen molar-refractivity contribution < 1.29 is 8.78 Å². The molecule has 0 aliphatic rings. The second-order valence-electron chi connectivity index (χ2n) is 3.60. The highest BCUT2D eigenvalue weighted by Gasteiger charge is 2.05. The first-order valence-electron chi connectivity index (χ1n) is 5.27. The number of alkyl halides is 2. The first-order chi connectivity index (χ1) is 8.24. The zero-order valence-corrected chi connectivity index (χ0v) is 9.96. The standard InChI is InChI=1S/C11H13F2N3S/c12-11(13)8-16-4-3-9(15-16)6-14-7-10-2-1-5-17-10/h1-5,11,14H,6-8H2. The van der Waals surface area contributed by atoms with Crippen molar-refractivity contribution in [3.8, 4) is 0 Å². The van der Waals surface area contributed by atoms with E-state index in [0.717, 1.165) is 12.2 Å². The van der Waals surface area contributed by atoms with E-state index >= 15 is 0 Å². The zero-order valence-electron chi connectivity index (χ0n) is 9.14. The van der Waals surface area contributed by atoms with Gasteiger partial charge in [-0.05, 0) is 17.5 Å². The fourth-order valence-electron chi connectivity index (χ4n) is 1.47. The molecular formula is C11H13F2N3S. The largest absolute Gasteiger partial charge is 0.306 e. The Morgan fingerprint density at radius 3 is 2.94 bits per heavy atom. The third-order valence-electron chi connectivity index (χ3n) is 2.21. The number of rotatable bonds is 6. The number of halogens is 2. The van der Waals surface area contributed by atoms with Crippen molar-refractivity contribution in [3.05, 3.63) is 40.3 Å². The van der Waals surface area contributed by atoms with Gasteiger partial charge in [-0.15, -0.1) is 11.3 Å². The van der Waals surface area contributed by atoms with Crippen LogP contribution in [0.5, 0.6) is 0 Å². The molecule has 92 valence electrons. The molecule has 0 saturated carbocycles. The Morgan fingerprint density at radius 1 is 1.35 bits per heavy atom. The average Bonchev–Trinajstić information content (AvgIpc) is 2.89. The highest BCUT2D eigenvalue weighted by molar-refractivity contribution is 7.09. The van der Waals surface area contributed by atoms with Crippen LogP contribution in [-0.2, 0) is 19.6 Å². The van der Waals surface area contributed by atoms with E-state index in [4.69, 9.17) is 0 Å². The summed E-state index contributed by atoms with van der Waals surface area (Å²) in [6.45, 7) is 1.03. The monoisotopic (exact) mass is 257 g/mol. The van der Waals surface area contributed by atoms with Crippen LogP contribution < -0.4 is 5.32 Å². The zero-order chi connectivity index (χ0) is 12.1. The lowest BCUT2D eigenvalue weighted by molar-refractivity contribution is 0.121. The Labute approximate surface area is 102 Å². The van der Waals surface area contributed by atoms with Crippen LogP contribution in [0.4, 0.5) is 8.78 Å². The topological polar surface area (TPSA) is 29.9 Å². The number of aromatic nitrogens is 2. The van der Waals surface area contributed by atoms with Crippen molar-refractivity contribution in [1.82, 2.24) is 15.1 Å². The average molecular weight is 257 g/mol. The molecule has 0 atom stereocenters. The van der Waals surface area contributed by atoms with Crippen LogP contribution in [0.2, 0.25) is 0 Å². The van der Waals surface area contributed by atoms with Crippen LogP contribution in [0, 0.1) is 0 Å². The Bertz CT molecular complexity index is 439. The molecule has 2 aromatic rings. The minimum atomic E-state index is -2.36. The van der Waals surface area contributed by atoms with Gasteiger partial charge in [0.1, 0.15) is 6.54 Å². The van der Waals surface area contributed by atoms with Gasteiger partial charge in [-0.25, -0.2) is 8.78 Å². The Morgan fingerprint density at radius 2 is 2.24 bits per heavy atom. The summed E-state index contributed by atoms with van der Waals surface area (Å²) in [5, 5.41) is 9.29. The molecule has 2 rings (SSSR count). The lowest BCUT2D eigenvalue weighted by Crippen LogP contribution is -2.13. The molecular weight excluding hydrogens is 244 g/mol. The Balaban J connectivity index is 1.77. The predicted molar refractivity (Wildman–Crippen MR) is 63.1 cm³/mol. The van der Waals surface area contributed by atoms with E-state index in [2.05, 4.69) is 10.4 Å². The molecule has 17 heavy (non-hydrogen) atoms. The van der Waals surface area contributed by atoms with Crippen LogP contribution in [0.25, 0.3) is 0 Å². The summed E-state index contributed by atoms with van der Waals surface area (Å²) in [5.74, 6) is 0. The molecule has 2 aromatic heterocycles. The van der Waals surface area contributed by atoms with Crippen LogP contribution in [0.15, 0.2) is 29.8 Å². The second-order valence-corrected chi connectivity index (χ2v) is 4.64. The molecule has 0 aliphatic heterocycles. The fraction of sp³-hybridized carbons (Fsp3) is 0.364. The third kappa shape index (κ3) is 3.90. The van der Waals surface area contributed by atoms with E-state index in [1.807, 2.05) is 17.5 Å². The summed E-state index contributed by atoms with van der Waals surface area (Å²) in [7, 11) is 0. The van der Waals surface area contributed by atoms with Gasteiger partial charge in [0.2, 0.25) is 0 Å². The van der Waals surface area contributed by atoms with Crippen molar-refractivity contribution in [3.63, 3.8) is 0 Å². The van der Waals surface area contributed by atoms with Gasteiger partial charge in [0.05, 0.1) is 5.69 Å². The van der Waals surface area contributed by atoms with Crippen LogP contribution >= 0.6 is 11.3 Å². The van der Waals surface area contributed by atoms with Gasteiger partial charge in [0.25, 0.3) is 6.43 Å². The molecule has 0 aliphatic carbocycles. The van der Waals surface area contributed by atoms with Crippen molar-refractivity contribution in [2.75, 3.05) is 0 Å². The van der Waals surface area contributed by atoms with Gasteiger partial charge in [-0.1, -0.05) is 6.07 Å². The van der Waals surface area contributed by atoms with Gasteiger partial charge >= 0.3 is 0 Å². The molecule has 1 N–H and O–H groups in total. The minimum absolute atomic E-state index is 0.342. The van der Waals surface area contributed by atoms with E-state index in [0.29, 0.717) is 6.54 Å². The summed E-state index contributed by atoms with van der Waals surface area (Å²) >= 11 is 1.68. The van der Waals surface area contributed by atoms with E-state index in [-0.39, 0.29) is 6.54 Å². The molecule has 0 aromatic carbocycles. The number of nitrogens with zero attached hydrogens (tertiary/aromatic N) is 2. The summed E-state index contributed by atoms with van der Waals surface area (Å²) < 4.78 is 25.5. The Hall–Kier alpha value is -1.27. The third-order valence-corrected chi connectivity index (χ3v) is 3.08. The molecule has 3 nitrogen and oxygen atoms in total. The molecule has 0 amide bonds. The maximum atomic E-state index is 12.1. The number of hydrogen-bond donors (Lipinski definition) is 1. The first-order valence-corrected chi connectivity index (χ1v) is 6.15. The van der Waals surface area contributed by atoms with Crippen molar-refractivity contribution in [1.29, 1.82) is 0 Å². The van der Waals surface area contributed by atoms with Gasteiger partial charge in [-0.2, -0.15) is 5.10 Å². The van der Waals surface area contributed by atoms with E-state index in [1.165, 1.54) is 9.56 Å². The molecule has 2 heterocycles. The van der Waals surface area contributed by atoms with Gasteiger partial charge in [-0.3, -0.25) is 4.68 Å². The van der Waals surface area contributed by atoms with E-state index < -0.39 is 6.43 Å². The summed E-state index contributed by atoms with van der Waals surface area (Å²) in [5.41, 5.74) is 0.780. The molecule has 0 bridgehead atoms. The lowest BCUT2D eigenvalue weighted by Gasteiger charge is -2.01. The molecule has 0 unspecified atom stereocenters. The SMILES string of the molecule is FC(F)Cn1ccc(CNCc2cccs2)n1. The maximum Gasteiger partial charge on any atom is 0.257 e. The number of nitrogens with one attached hydrogen (secondary N) is 1. The number of thiophene rings is 1. The highest BCUT2D eigenvalue weighted by atomic mass is 32.1. The van der Waals surface area contributed by atoms with Crippen LogP contribution in [0.1, 0.15) is 10.6 Å². The summed E-state index contributed by atoms with van der Waals surface area (Å²) in [4.78, 5) is 1.25. The predicted octanol–water partition coefficient (Wildman–Crippen LogP) is 2.50. The molecule has 0 fully saturated rings. The number of hydrogen-bond acceptors (Lipinski definition) is 3. The van der Waals surface area contributed by atoms with Crippen LogP contribution in [0.3, 0.4) is 0 Å². The van der Waals surface area contributed by atoms with Crippen molar-refractivity contribution in [2.45, 2.75) is 26.1 Å². The molecule has 0 radical (unpaired) electrons. The second kappa shape index (κ2) is 5.88. The van der Waals surface area contributed by atoms with Gasteiger partial charge in [0, 0.05) is 24.2 Å². The molecule has 6 heteroatoms. The smallest absolute Gasteiger partial charge is 0.257 e. The Kier molecular flexibility index (Phi) is 4.22. The van der Waals surface area contributed by atoms with Crippen molar-refractivity contribution in [2.24, 2.45) is 0 Å². The van der Waals surface area contributed by atoms with E-state index in [1.54, 1.807) is 23.6 Å². The van der Waals surface area contributed by atoms with Crippen LogP contribution in [-0.4, -0.2) is 16.2 Å². The highest BCUT2D eigenvalue weighted by Crippen LogP contribution is 2.08. The fourth-order valence-corrected chi connectivity index (χ4v) is 2.14. The van der Waals surface area contributed by atoms with E-state index in [9.17, 15) is 8.78 Å². The first kappa shape index (κ1) is 12.2. The maximum absolute atomic E-state index is 12.1. The van der Waals surface area contributed by atoms with Gasteiger partial charge in [0.15, 0.2) is 0 Å². The summed E-state index contributed by atoms with van der Waals surface area (Å²) in [6, 6.07) is 5.80. The summed E-state index contributed by atoms with van der Waals surface area (Å²) in [6.07, 6.45) is -0.782. The van der Waals surface area contributed by atoms with Crippen molar-refractivity contribution >= 4 is 11.3 Å². The minimum Gasteiger partial charge on any atom is -0.306 e. The lowest BCUT2D eigenvalue weighted by atomic mass is 10.4. The molecule has 0 saturated heterocycles. The normalized spacial score (nSPS) is 11.2. The quantitative estimate of drug-likeness (QED) is 0.861. The van der Waals surface area contributed by atoms with Gasteiger partial charge < -0.3 is 5.32 Å².